The number of hydrogen-bond donors (Lipinski definition) is 1. The van der Waals surface area contributed by atoms with E-state index < -0.39 is 3.92 Å². The zero-order valence-corrected chi connectivity index (χ0v) is 13.3. The van der Waals surface area contributed by atoms with Gasteiger partial charge in [0.2, 0.25) is 0 Å². The van der Waals surface area contributed by atoms with Crippen LogP contribution < -0.4 is 14.7 Å². The Bertz CT molecular complexity index is 408. The fourth-order valence-electron chi connectivity index (χ4n) is 1.13. The number of anilines is 1. The van der Waals surface area contributed by atoms with Gasteiger partial charge < -0.3 is 4.74 Å². The molecule has 0 aliphatic rings. The van der Waals surface area contributed by atoms with Crippen LogP contribution in [0.15, 0.2) is 18.2 Å². The number of nitrogens with zero attached hydrogens (tertiary/aromatic N) is 1. The summed E-state index contributed by atoms with van der Waals surface area (Å²) < 4.78 is 4.87. The molecule has 0 aliphatic carbocycles. The molecule has 0 radical (unpaired) electrons. The molecule has 8 heteroatoms. The van der Waals surface area contributed by atoms with Crippen LogP contribution in [0, 0.1) is 0 Å². The molecule has 1 rings (SSSR count). The molecule has 1 N–H and O–H groups in total. The summed E-state index contributed by atoms with van der Waals surface area (Å²) in [5, 5.41) is 0.478. The number of hydrogen-bond acceptors (Lipinski definition) is 3. The second-order valence-corrected chi connectivity index (χ2v) is 6.70. The zero-order valence-electron chi connectivity index (χ0n) is 9.55. The SMILES string of the molecule is CC(C)Oc1cc(N(Cl)NC(Cl)(Cl)Cl)ccc1Cl. The van der Waals surface area contributed by atoms with E-state index >= 15 is 0 Å². The normalized spacial score (nSPS) is 11.8. The van der Waals surface area contributed by atoms with Gasteiger partial charge in [0, 0.05) is 17.8 Å². The molecule has 18 heavy (non-hydrogen) atoms. The molecule has 0 spiro atoms. The Labute approximate surface area is 131 Å². The molecule has 0 bridgehead atoms. The maximum Gasteiger partial charge on any atom is 0.263 e. The van der Waals surface area contributed by atoms with Gasteiger partial charge in [0.1, 0.15) is 5.75 Å². The lowest BCUT2D eigenvalue weighted by Crippen LogP contribution is -2.39. The van der Waals surface area contributed by atoms with Crippen molar-refractivity contribution in [2.24, 2.45) is 0 Å². The third-order valence-electron chi connectivity index (χ3n) is 1.73. The molecule has 0 saturated heterocycles. The van der Waals surface area contributed by atoms with Gasteiger partial charge in [0.05, 0.1) is 16.8 Å². The number of ether oxygens (including phenoxy) is 1. The average Bonchev–Trinajstić information content (AvgIpc) is 2.17. The molecule has 102 valence electrons. The van der Waals surface area contributed by atoms with Gasteiger partial charge in [-0.1, -0.05) is 46.4 Å². The maximum absolute atomic E-state index is 5.99. The van der Waals surface area contributed by atoms with Crippen LogP contribution in [0.5, 0.6) is 5.75 Å². The van der Waals surface area contributed by atoms with E-state index in [0.29, 0.717) is 16.5 Å². The molecule has 0 amide bonds. The summed E-state index contributed by atoms with van der Waals surface area (Å²) in [5.74, 6) is 0.501. The lowest BCUT2D eigenvalue weighted by molar-refractivity contribution is 0.242. The summed E-state index contributed by atoms with van der Waals surface area (Å²) in [6, 6.07) is 4.94. The summed E-state index contributed by atoms with van der Waals surface area (Å²) in [6.45, 7) is 3.78. The molecular formula is C10H11Cl5N2O. The Balaban J connectivity index is 2.90. The molecule has 0 heterocycles. The van der Waals surface area contributed by atoms with Crippen molar-refractivity contribution in [3.05, 3.63) is 23.2 Å². The summed E-state index contributed by atoms with van der Waals surface area (Å²) in [4.78, 5) is 0. The molecule has 0 unspecified atom stereocenters. The number of rotatable bonds is 4. The first-order valence-electron chi connectivity index (χ1n) is 4.95. The molecule has 0 fully saturated rings. The Morgan fingerprint density at radius 2 is 1.89 bits per heavy atom. The molecule has 1 aromatic rings. The van der Waals surface area contributed by atoms with Gasteiger partial charge in [-0.2, -0.15) is 5.43 Å². The molecule has 0 saturated carbocycles. The Kier molecular flexibility index (Phi) is 5.97. The Morgan fingerprint density at radius 3 is 2.39 bits per heavy atom. The minimum Gasteiger partial charge on any atom is -0.489 e. The third-order valence-corrected chi connectivity index (χ3v) is 2.57. The molecular weight excluding hydrogens is 341 g/mol. The van der Waals surface area contributed by atoms with Crippen molar-refractivity contribution in [3.8, 4) is 5.75 Å². The number of benzene rings is 1. The minimum atomic E-state index is -1.71. The van der Waals surface area contributed by atoms with Crippen LogP contribution in [-0.4, -0.2) is 10.0 Å². The standard InChI is InChI=1S/C10H11Cl5N2O/c1-6(2)18-9-5-7(3-4-8(9)11)17(15)16-10(12,13)14/h3-6,16H,1-2H3. The highest BCUT2D eigenvalue weighted by Crippen LogP contribution is 2.32. The largest absolute Gasteiger partial charge is 0.489 e. The van der Waals surface area contributed by atoms with Crippen LogP contribution in [0.2, 0.25) is 5.02 Å². The van der Waals surface area contributed by atoms with Crippen LogP contribution in [0.4, 0.5) is 5.69 Å². The Morgan fingerprint density at radius 1 is 1.28 bits per heavy atom. The fraction of sp³-hybridized carbons (Fsp3) is 0.400. The topological polar surface area (TPSA) is 24.5 Å². The van der Waals surface area contributed by atoms with E-state index in [4.69, 9.17) is 62.9 Å². The van der Waals surface area contributed by atoms with Gasteiger partial charge in [0.25, 0.3) is 3.92 Å². The van der Waals surface area contributed by atoms with E-state index in [9.17, 15) is 0 Å². The van der Waals surface area contributed by atoms with E-state index in [1.54, 1.807) is 18.2 Å². The van der Waals surface area contributed by atoms with Crippen molar-refractivity contribution in [2.45, 2.75) is 23.9 Å². The van der Waals surface area contributed by atoms with Gasteiger partial charge in [-0.3, -0.25) is 0 Å². The van der Waals surface area contributed by atoms with Crippen LogP contribution >= 0.6 is 58.2 Å². The summed E-state index contributed by atoms with van der Waals surface area (Å²) in [6.07, 6.45) is -0.0114. The predicted octanol–water partition coefficient (Wildman–Crippen LogP) is 4.92. The first-order chi connectivity index (χ1) is 8.19. The highest BCUT2D eigenvalue weighted by Gasteiger charge is 2.23. The molecule has 3 nitrogen and oxygen atoms in total. The summed E-state index contributed by atoms with van der Waals surface area (Å²) in [7, 11) is 0. The number of alkyl halides is 3. The zero-order chi connectivity index (χ0) is 13.9. The smallest absolute Gasteiger partial charge is 0.263 e. The number of hydrazine groups is 1. The second-order valence-electron chi connectivity index (χ2n) is 3.67. The highest BCUT2D eigenvalue weighted by atomic mass is 35.6. The van der Waals surface area contributed by atoms with E-state index in [1.165, 1.54) is 0 Å². The van der Waals surface area contributed by atoms with E-state index in [1.807, 2.05) is 13.8 Å². The monoisotopic (exact) mass is 350 g/mol. The minimum absolute atomic E-state index is 0.0114. The lowest BCUT2D eigenvalue weighted by Gasteiger charge is -2.23. The predicted molar refractivity (Wildman–Crippen MR) is 79.0 cm³/mol. The van der Waals surface area contributed by atoms with Crippen molar-refractivity contribution in [1.29, 1.82) is 0 Å². The summed E-state index contributed by atoms with van der Waals surface area (Å²) >= 11 is 28.6. The molecule has 1 aromatic carbocycles. The van der Waals surface area contributed by atoms with Gasteiger partial charge >= 0.3 is 0 Å². The fourth-order valence-corrected chi connectivity index (χ4v) is 1.91. The Hall–Kier alpha value is 0.230. The second kappa shape index (κ2) is 6.60. The van der Waals surface area contributed by atoms with Crippen molar-refractivity contribution in [3.63, 3.8) is 0 Å². The van der Waals surface area contributed by atoms with Gasteiger partial charge in [-0.05, 0) is 26.0 Å². The molecule has 0 atom stereocenters. The van der Waals surface area contributed by atoms with Gasteiger partial charge in [-0.25, -0.2) is 4.53 Å². The van der Waals surface area contributed by atoms with Crippen molar-refractivity contribution < 1.29 is 4.74 Å². The highest BCUT2D eigenvalue weighted by molar-refractivity contribution is 6.67. The average molecular weight is 352 g/mol. The van der Waals surface area contributed by atoms with E-state index in [0.717, 1.165) is 4.53 Å². The number of halogens is 5. The van der Waals surface area contributed by atoms with Gasteiger partial charge in [-0.15, -0.1) is 0 Å². The summed E-state index contributed by atoms with van der Waals surface area (Å²) in [5.41, 5.74) is 2.96. The first kappa shape index (κ1) is 16.3. The van der Waals surface area contributed by atoms with Crippen LogP contribution in [0.3, 0.4) is 0 Å². The van der Waals surface area contributed by atoms with Crippen molar-refractivity contribution in [1.82, 2.24) is 5.43 Å². The van der Waals surface area contributed by atoms with E-state index in [-0.39, 0.29) is 6.10 Å². The molecule has 0 aliphatic heterocycles. The number of nitrogens with one attached hydrogen (secondary N) is 1. The van der Waals surface area contributed by atoms with Crippen molar-refractivity contribution in [2.75, 3.05) is 4.53 Å². The maximum atomic E-state index is 5.99. The van der Waals surface area contributed by atoms with Crippen LogP contribution in [0.25, 0.3) is 0 Å². The third kappa shape index (κ3) is 5.47. The van der Waals surface area contributed by atoms with E-state index in [2.05, 4.69) is 5.43 Å². The van der Waals surface area contributed by atoms with Crippen LogP contribution in [-0.2, 0) is 0 Å². The van der Waals surface area contributed by atoms with Crippen molar-refractivity contribution >= 4 is 63.9 Å². The quantitative estimate of drug-likeness (QED) is 0.360. The van der Waals surface area contributed by atoms with Crippen LogP contribution in [0.1, 0.15) is 13.8 Å². The first-order valence-corrected chi connectivity index (χ1v) is 6.80. The van der Waals surface area contributed by atoms with Gasteiger partial charge in [0.15, 0.2) is 0 Å². The lowest BCUT2D eigenvalue weighted by atomic mass is 10.3. The molecule has 0 aromatic heterocycles.